The van der Waals surface area contributed by atoms with Crippen molar-refractivity contribution in [1.29, 1.82) is 0 Å². The van der Waals surface area contributed by atoms with Gasteiger partial charge in [0.15, 0.2) is 0 Å². The van der Waals surface area contributed by atoms with Gasteiger partial charge in [-0.15, -0.1) is 11.8 Å². The van der Waals surface area contributed by atoms with Gasteiger partial charge in [-0.1, -0.05) is 83.4 Å². The number of hydrogen-bond donors (Lipinski definition) is 1. The number of hydrogen-bond acceptors (Lipinski definition) is 5. The van der Waals surface area contributed by atoms with Gasteiger partial charge in [0.1, 0.15) is 11.9 Å². The molecule has 0 saturated heterocycles. The van der Waals surface area contributed by atoms with Gasteiger partial charge in [-0.2, -0.15) is 0 Å². The lowest BCUT2D eigenvalue weighted by Crippen LogP contribution is -2.33. The van der Waals surface area contributed by atoms with Gasteiger partial charge in [0.05, 0.1) is 16.3 Å². The first-order valence-corrected chi connectivity index (χ1v) is 17.7. The van der Waals surface area contributed by atoms with Crippen LogP contribution >= 0.6 is 11.8 Å². The van der Waals surface area contributed by atoms with Gasteiger partial charge in [0, 0.05) is 19.5 Å². The first-order valence-electron chi connectivity index (χ1n) is 16.5. The number of nitrogens with one attached hydrogen (secondary N) is 1. The largest absolute Gasteiger partial charge is 0.486 e. The molecule has 0 bridgehead atoms. The van der Waals surface area contributed by atoms with E-state index in [0.717, 1.165) is 60.7 Å². The Balaban J connectivity index is 3.31. The van der Waals surface area contributed by atoms with Gasteiger partial charge in [-0.25, -0.2) is 0 Å². The molecule has 0 aliphatic carbocycles. The molecule has 1 aromatic carbocycles. The summed E-state index contributed by atoms with van der Waals surface area (Å²) in [5.41, 5.74) is 4.90. The summed E-state index contributed by atoms with van der Waals surface area (Å²) in [5, 5.41) is 4.20. The first-order chi connectivity index (χ1) is 21.0. The van der Waals surface area contributed by atoms with E-state index in [0.29, 0.717) is 30.5 Å². The second-order valence-corrected chi connectivity index (χ2v) is 13.0. The third-order valence-electron chi connectivity index (χ3n) is 8.25. The molecule has 6 heteroatoms. The first kappa shape index (κ1) is 39.5. The summed E-state index contributed by atoms with van der Waals surface area (Å²) in [6, 6.07) is 8.26. The molecule has 1 aromatic rings. The number of carbonyl (C=O) groups is 1. The average Bonchev–Trinajstić information content (AvgIpc) is 3.03. The van der Waals surface area contributed by atoms with Crippen LogP contribution in [-0.2, 0) is 11.3 Å². The van der Waals surface area contributed by atoms with Crippen LogP contribution < -0.4 is 10.1 Å². The van der Waals surface area contributed by atoms with E-state index in [1.807, 2.05) is 50.3 Å². The molecular formula is C38H61N3O2S. The van der Waals surface area contributed by atoms with E-state index in [4.69, 9.17) is 9.73 Å². The average molecular weight is 624 g/mol. The minimum Gasteiger partial charge on any atom is -0.486 e. The Labute approximate surface area is 274 Å². The van der Waals surface area contributed by atoms with Crippen molar-refractivity contribution in [2.24, 2.45) is 16.8 Å². The number of thioether (sulfide) groups is 1. The predicted molar refractivity (Wildman–Crippen MR) is 195 cm³/mol. The monoisotopic (exact) mass is 623 g/mol. The molecule has 1 N–H and O–H groups in total. The highest BCUT2D eigenvalue weighted by atomic mass is 32.2. The Bertz CT molecular complexity index is 1150. The fraction of sp³-hybridized carbons (Fsp3) is 0.579. The normalized spacial score (nSPS) is 15.7. The predicted octanol–water partition coefficient (Wildman–Crippen LogP) is 9.77. The highest BCUT2D eigenvalue weighted by molar-refractivity contribution is 8.13. The standard InChI is InChI=1S/C38H61N3O2S/c1-12-28(4)16-15-17-31(7)37(22-24-39-10)43-35-20-18-34(19-21-35)27-41(25-23-29(5)13-2)38(42)36(26-30(6)14-3)32(8)40-33(9)44-11/h15-21,26,28-29,37,39H,12-14,22-25,27H2,1-11H3/b16-15-,30-26-,31-17+,36-32+,40-33?. The molecule has 1 rings (SSSR count). The van der Waals surface area contributed by atoms with Crippen LogP contribution in [0.4, 0.5) is 0 Å². The maximum Gasteiger partial charge on any atom is 0.255 e. The summed E-state index contributed by atoms with van der Waals surface area (Å²) in [6.45, 7) is 21.3. The van der Waals surface area contributed by atoms with Crippen LogP contribution in [0.15, 0.2) is 76.0 Å². The summed E-state index contributed by atoms with van der Waals surface area (Å²) < 4.78 is 6.48. The zero-order valence-corrected chi connectivity index (χ0v) is 30.4. The molecule has 0 radical (unpaired) electrons. The van der Waals surface area contributed by atoms with E-state index in [1.165, 1.54) is 11.1 Å². The minimum absolute atomic E-state index is 0.0157. The molecule has 0 aliphatic heterocycles. The van der Waals surface area contributed by atoms with Crippen LogP contribution in [0.5, 0.6) is 5.75 Å². The summed E-state index contributed by atoms with van der Waals surface area (Å²) in [7, 11) is 1.97. The lowest BCUT2D eigenvalue weighted by atomic mass is 10.0. The number of benzene rings is 1. The number of carbonyl (C=O) groups excluding carboxylic acids is 1. The van der Waals surface area contributed by atoms with E-state index in [2.05, 4.69) is 84.1 Å². The van der Waals surface area contributed by atoms with Crippen LogP contribution in [0.2, 0.25) is 0 Å². The van der Waals surface area contributed by atoms with Crippen LogP contribution in [0.1, 0.15) is 100.0 Å². The van der Waals surface area contributed by atoms with Gasteiger partial charge >= 0.3 is 0 Å². The fourth-order valence-corrected chi connectivity index (χ4v) is 4.60. The third kappa shape index (κ3) is 14.9. The maximum atomic E-state index is 14.2. The fourth-order valence-electron chi connectivity index (χ4n) is 4.37. The molecule has 3 unspecified atom stereocenters. The number of amides is 1. The number of allylic oxidation sites excluding steroid dienone is 5. The van der Waals surface area contributed by atoms with Gasteiger partial charge in [-0.3, -0.25) is 9.79 Å². The van der Waals surface area contributed by atoms with E-state index in [1.54, 1.807) is 11.8 Å². The van der Waals surface area contributed by atoms with Crippen molar-refractivity contribution in [3.05, 3.63) is 76.5 Å². The molecule has 0 aromatic heterocycles. The summed E-state index contributed by atoms with van der Waals surface area (Å²) in [6.07, 6.45) is 15.6. The lowest BCUT2D eigenvalue weighted by Gasteiger charge is -2.26. The summed E-state index contributed by atoms with van der Waals surface area (Å²) >= 11 is 1.60. The quantitative estimate of drug-likeness (QED) is 0.0721. The molecule has 0 saturated carbocycles. The van der Waals surface area contributed by atoms with Crippen molar-refractivity contribution < 1.29 is 9.53 Å². The summed E-state index contributed by atoms with van der Waals surface area (Å²) in [4.78, 5) is 20.9. The zero-order chi connectivity index (χ0) is 33.1. The second-order valence-electron chi connectivity index (χ2n) is 12.0. The van der Waals surface area contributed by atoms with Crippen LogP contribution in [-0.4, -0.2) is 48.3 Å². The second kappa shape index (κ2) is 22.0. The Kier molecular flexibility index (Phi) is 19.7. The van der Waals surface area contributed by atoms with E-state index in [9.17, 15) is 4.79 Å². The number of ether oxygens (including phenoxy) is 1. The Morgan fingerprint density at radius 3 is 2.30 bits per heavy atom. The van der Waals surface area contributed by atoms with Crippen molar-refractivity contribution in [3.8, 4) is 5.75 Å². The zero-order valence-electron chi connectivity index (χ0n) is 29.6. The molecular weight excluding hydrogens is 563 g/mol. The third-order valence-corrected chi connectivity index (χ3v) is 8.93. The topological polar surface area (TPSA) is 53.9 Å². The molecule has 246 valence electrons. The molecule has 44 heavy (non-hydrogen) atoms. The van der Waals surface area contributed by atoms with Crippen LogP contribution in [0.3, 0.4) is 0 Å². The Morgan fingerprint density at radius 1 is 1.05 bits per heavy atom. The van der Waals surface area contributed by atoms with E-state index in [-0.39, 0.29) is 12.0 Å². The van der Waals surface area contributed by atoms with E-state index >= 15 is 0 Å². The van der Waals surface area contributed by atoms with Gasteiger partial charge in [0.25, 0.3) is 5.91 Å². The molecule has 0 aliphatic rings. The lowest BCUT2D eigenvalue weighted by molar-refractivity contribution is -0.127. The van der Waals surface area contributed by atoms with Crippen molar-refractivity contribution in [2.75, 3.05) is 26.4 Å². The number of rotatable bonds is 19. The molecule has 0 fully saturated rings. The van der Waals surface area contributed by atoms with Gasteiger partial charge in [0.2, 0.25) is 0 Å². The number of aliphatic imine (C=N–C) groups is 1. The van der Waals surface area contributed by atoms with Crippen molar-refractivity contribution in [3.63, 3.8) is 0 Å². The molecule has 0 spiro atoms. The SMILES string of the molecule is CC/C(C)=C\C(C(=O)N(CCC(C)CC)Cc1ccc(OC(CCNC)/C(C)=C/C=C\C(C)CC)cc1)=C(\C)N=C(C)SC. The highest BCUT2D eigenvalue weighted by Crippen LogP contribution is 2.23. The smallest absolute Gasteiger partial charge is 0.255 e. The molecule has 0 heterocycles. The van der Waals surface area contributed by atoms with Crippen molar-refractivity contribution in [1.82, 2.24) is 10.2 Å². The Hall–Kier alpha value is -2.57. The minimum atomic E-state index is -0.0157. The van der Waals surface area contributed by atoms with Gasteiger partial charge < -0.3 is 15.0 Å². The van der Waals surface area contributed by atoms with E-state index < -0.39 is 0 Å². The van der Waals surface area contributed by atoms with Crippen molar-refractivity contribution in [2.45, 2.75) is 107 Å². The van der Waals surface area contributed by atoms with Gasteiger partial charge in [-0.05, 0) is 102 Å². The number of nitrogens with zero attached hydrogens (tertiary/aromatic N) is 2. The van der Waals surface area contributed by atoms with Crippen LogP contribution in [0, 0.1) is 11.8 Å². The maximum absolute atomic E-state index is 14.2. The molecule has 1 amide bonds. The summed E-state index contributed by atoms with van der Waals surface area (Å²) in [5.74, 6) is 1.99. The molecule has 5 nitrogen and oxygen atoms in total. The molecule has 3 atom stereocenters. The van der Waals surface area contributed by atoms with Crippen molar-refractivity contribution >= 4 is 22.7 Å². The van der Waals surface area contributed by atoms with Crippen LogP contribution in [0.25, 0.3) is 0 Å². The highest BCUT2D eigenvalue weighted by Gasteiger charge is 2.21. The Morgan fingerprint density at radius 2 is 1.73 bits per heavy atom.